The van der Waals surface area contributed by atoms with Crippen LogP contribution in [0.2, 0.25) is 0 Å². The molecule has 0 radical (unpaired) electrons. The summed E-state index contributed by atoms with van der Waals surface area (Å²) in [4.78, 5) is 1.16. The van der Waals surface area contributed by atoms with Crippen LogP contribution in [0, 0.1) is 6.92 Å². The number of hydrogen-bond donors (Lipinski definition) is 2. The van der Waals surface area contributed by atoms with E-state index in [1.165, 1.54) is 0 Å². The first kappa shape index (κ1) is 12.4. The molecule has 0 heterocycles. The van der Waals surface area contributed by atoms with E-state index in [1.54, 1.807) is 11.8 Å². The third-order valence-corrected chi connectivity index (χ3v) is 3.91. The third kappa shape index (κ3) is 3.76. The third-order valence-electron chi connectivity index (χ3n) is 2.55. The minimum Gasteiger partial charge on any atom is -0.399 e. The summed E-state index contributed by atoms with van der Waals surface area (Å²) in [5, 5.41) is 9.86. The van der Waals surface area contributed by atoms with Crippen LogP contribution in [-0.2, 0) is 0 Å². The van der Waals surface area contributed by atoms with Gasteiger partial charge in [0, 0.05) is 16.3 Å². The summed E-state index contributed by atoms with van der Waals surface area (Å²) < 4.78 is 0. The first-order valence-corrected chi connectivity index (χ1v) is 6.14. The summed E-state index contributed by atoms with van der Waals surface area (Å²) in [7, 11) is 0. The van der Waals surface area contributed by atoms with Crippen molar-refractivity contribution in [1.82, 2.24) is 0 Å². The lowest BCUT2D eigenvalue weighted by atomic mass is 10.1. The standard InChI is InChI=1S/C12H19NOS/c1-4-12(3,14)8-15-10-5-6-11(13)9(2)7-10/h5-7,14H,4,8,13H2,1-3H3. The Morgan fingerprint density at radius 3 is 2.67 bits per heavy atom. The highest BCUT2D eigenvalue weighted by molar-refractivity contribution is 7.99. The summed E-state index contributed by atoms with van der Waals surface area (Å²) in [6.07, 6.45) is 0.772. The number of benzene rings is 1. The van der Waals surface area contributed by atoms with Gasteiger partial charge in [-0.1, -0.05) is 6.92 Å². The van der Waals surface area contributed by atoms with E-state index in [0.29, 0.717) is 5.75 Å². The van der Waals surface area contributed by atoms with Crippen LogP contribution < -0.4 is 5.73 Å². The Labute approximate surface area is 95.9 Å². The van der Waals surface area contributed by atoms with Gasteiger partial charge in [0.15, 0.2) is 0 Å². The first-order chi connectivity index (χ1) is 6.94. The molecule has 0 bridgehead atoms. The molecule has 0 aromatic heterocycles. The number of nitrogen functional groups attached to an aromatic ring is 1. The topological polar surface area (TPSA) is 46.2 Å². The second kappa shape index (κ2) is 4.90. The molecule has 2 nitrogen and oxygen atoms in total. The Kier molecular flexibility index (Phi) is 4.05. The number of rotatable bonds is 4. The van der Waals surface area contributed by atoms with Crippen LogP contribution in [-0.4, -0.2) is 16.5 Å². The van der Waals surface area contributed by atoms with Gasteiger partial charge in [-0.25, -0.2) is 0 Å². The van der Waals surface area contributed by atoms with Gasteiger partial charge in [-0.05, 0) is 44.0 Å². The SMILES string of the molecule is CCC(C)(O)CSc1ccc(N)c(C)c1. The molecule has 1 aromatic rings. The highest BCUT2D eigenvalue weighted by Crippen LogP contribution is 2.26. The predicted molar refractivity (Wildman–Crippen MR) is 67.2 cm³/mol. The van der Waals surface area contributed by atoms with Crippen LogP contribution in [0.15, 0.2) is 23.1 Å². The van der Waals surface area contributed by atoms with Crippen molar-refractivity contribution in [2.45, 2.75) is 37.7 Å². The molecule has 1 unspecified atom stereocenters. The van der Waals surface area contributed by atoms with Gasteiger partial charge in [0.25, 0.3) is 0 Å². The highest BCUT2D eigenvalue weighted by atomic mass is 32.2. The van der Waals surface area contributed by atoms with Crippen molar-refractivity contribution in [2.24, 2.45) is 0 Å². The largest absolute Gasteiger partial charge is 0.399 e. The maximum Gasteiger partial charge on any atom is 0.0710 e. The number of aliphatic hydroxyl groups is 1. The van der Waals surface area contributed by atoms with Gasteiger partial charge in [0.05, 0.1) is 5.60 Å². The summed E-state index contributed by atoms with van der Waals surface area (Å²) in [6, 6.07) is 5.98. The molecule has 0 amide bonds. The van der Waals surface area contributed by atoms with Crippen molar-refractivity contribution in [3.05, 3.63) is 23.8 Å². The van der Waals surface area contributed by atoms with E-state index >= 15 is 0 Å². The quantitative estimate of drug-likeness (QED) is 0.612. The summed E-state index contributed by atoms with van der Waals surface area (Å²) in [6.45, 7) is 5.86. The van der Waals surface area contributed by atoms with Crippen molar-refractivity contribution in [3.8, 4) is 0 Å². The molecule has 1 aromatic carbocycles. The maximum absolute atomic E-state index is 9.86. The Balaban J connectivity index is 2.62. The van der Waals surface area contributed by atoms with Crippen molar-refractivity contribution in [1.29, 1.82) is 0 Å². The van der Waals surface area contributed by atoms with Gasteiger partial charge in [-0.3, -0.25) is 0 Å². The summed E-state index contributed by atoms with van der Waals surface area (Å²) in [5.74, 6) is 0.715. The number of anilines is 1. The second-order valence-corrected chi connectivity index (χ2v) is 5.21. The van der Waals surface area contributed by atoms with Crippen LogP contribution in [0.3, 0.4) is 0 Å². The van der Waals surface area contributed by atoms with Gasteiger partial charge in [0.1, 0.15) is 0 Å². The fraction of sp³-hybridized carbons (Fsp3) is 0.500. The molecule has 15 heavy (non-hydrogen) atoms. The molecule has 0 saturated heterocycles. The molecule has 0 saturated carbocycles. The van der Waals surface area contributed by atoms with Crippen LogP contribution in [0.25, 0.3) is 0 Å². The lowest BCUT2D eigenvalue weighted by Crippen LogP contribution is -2.25. The Morgan fingerprint density at radius 1 is 1.47 bits per heavy atom. The molecule has 3 heteroatoms. The van der Waals surface area contributed by atoms with Crippen LogP contribution >= 0.6 is 11.8 Å². The Bertz CT molecular complexity index is 336. The van der Waals surface area contributed by atoms with Crippen LogP contribution in [0.5, 0.6) is 0 Å². The van der Waals surface area contributed by atoms with Gasteiger partial charge in [-0.15, -0.1) is 11.8 Å². The molecule has 0 fully saturated rings. The van der Waals surface area contributed by atoms with Crippen LogP contribution in [0.4, 0.5) is 5.69 Å². The van der Waals surface area contributed by atoms with Gasteiger partial charge >= 0.3 is 0 Å². The molecular formula is C12H19NOS. The maximum atomic E-state index is 9.86. The van der Waals surface area contributed by atoms with E-state index in [-0.39, 0.29) is 0 Å². The average Bonchev–Trinajstić information content (AvgIpc) is 2.20. The highest BCUT2D eigenvalue weighted by Gasteiger charge is 2.17. The zero-order valence-corrected chi connectivity index (χ0v) is 10.4. The summed E-state index contributed by atoms with van der Waals surface area (Å²) >= 11 is 1.67. The minimum absolute atomic E-state index is 0.583. The number of hydrogen-bond acceptors (Lipinski definition) is 3. The lowest BCUT2D eigenvalue weighted by molar-refractivity contribution is 0.0816. The second-order valence-electron chi connectivity index (χ2n) is 4.16. The first-order valence-electron chi connectivity index (χ1n) is 5.16. The van der Waals surface area contributed by atoms with Crippen molar-refractivity contribution in [2.75, 3.05) is 11.5 Å². The van der Waals surface area contributed by atoms with Gasteiger partial charge in [0.2, 0.25) is 0 Å². The van der Waals surface area contributed by atoms with Crippen LogP contribution in [0.1, 0.15) is 25.8 Å². The molecule has 84 valence electrons. The lowest BCUT2D eigenvalue weighted by Gasteiger charge is -2.20. The molecule has 1 rings (SSSR count). The molecule has 1 atom stereocenters. The van der Waals surface area contributed by atoms with Gasteiger partial charge in [-0.2, -0.15) is 0 Å². The number of aryl methyl sites for hydroxylation is 1. The smallest absolute Gasteiger partial charge is 0.0710 e. The van der Waals surface area contributed by atoms with Crippen molar-refractivity contribution in [3.63, 3.8) is 0 Å². The van der Waals surface area contributed by atoms with Crippen molar-refractivity contribution >= 4 is 17.4 Å². The van der Waals surface area contributed by atoms with Gasteiger partial charge < -0.3 is 10.8 Å². The summed E-state index contributed by atoms with van der Waals surface area (Å²) in [5.41, 5.74) is 7.07. The van der Waals surface area contributed by atoms with E-state index in [9.17, 15) is 5.11 Å². The van der Waals surface area contributed by atoms with E-state index in [1.807, 2.05) is 32.9 Å². The fourth-order valence-corrected chi connectivity index (χ4v) is 2.18. The number of nitrogens with two attached hydrogens (primary N) is 1. The Hall–Kier alpha value is -0.670. The number of thioether (sulfide) groups is 1. The van der Waals surface area contributed by atoms with E-state index < -0.39 is 5.60 Å². The minimum atomic E-state index is -0.583. The molecule has 0 aliphatic carbocycles. The molecular weight excluding hydrogens is 206 g/mol. The monoisotopic (exact) mass is 225 g/mol. The molecule has 0 aliphatic rings. The van der Waals surface area contributed by atoms with E-state index in [2.05, 4.69) is 6.07 Å². The fourth-order valence-electron chi connectivity index (χ4n) is 1.08. The van der Waals surface area contributed by atoms with Crippen molar-refractivity contribution < 1.29 is 5.11 Å². The normalized spacial score (nSPS) is 14.9. The average molecular weight is 225 g/mol. The molecule has 0 spiro atoms. The zero-order chi connectivity index (χ0) is 11.5. The molecule has 0 aliphatic heterocycles. The molecule has 3 N–H and O–H groups in total. The zero-order valence-electron chi connectivity index (χ0n) is 9.58. The predicted octanol–water partition coefficient (Wildman–Crippen LogP) is 2.83. The van der Waals surface area contributed by atoms with E-state index in [4.69, 9.17) is 5.73 Å². The Morgan fingerprint density at radius 2 is 2.13 bits per heavy atom. The van der Waals surface area contributed by atoms with E-state index in [0.717, 1.165) is 22.6 Å².